The highest BCUT2D eigenvalue weighted by molar-refractivity contribution is 9.11. The molecule has 0 aliphatic rings. The first-order chi connectivity index (χ1) is 7.95. The summed E-state index contributed by atoms with van der Waals surface area (Å²) in [5, 5.41) is 0. The van der Waals surface area contributed by atoms with Gasteiger partial charge in [-0.2, -0.15) is 0 Å². The topological polar surface area (TPSA) is 38.9 Å². The van der Waals surface area contributed by atoms with Crippen molar-refractivity contribution in [2.75, 3.05) is 0 Å². The second kappa shape index (κ2) is 4.74. The van der Waals surface area contributed by atoms with Gasteiger partial charge in [-0.1, -0.05) is 20.8 Å². The summed E-state index contributed by atoms with van der Waals surface area (Å²) in [5.74, 6) is 1.52. The highest BCUT2D eigenvalue weighted by Gasteiger charge is 2.18. The Balaban J connectivity index is 2.14. The van der Waals surface area contributed by atoms with Gasteiger partial charge < -0.3 is 4.42 Å². The van der Waals surface area contributed by atoms with Crippen LogP contribution in [-0.2, 0) is 5.41 Å². The molecule has 90 valence electrons. The Bertz CT molecular complexity index is 537. The quantitative estimate of drug-likeness (QED) is 0.827. The van der Waals surface area contributed by atoms with Crippen LogP contribution in [0.25, 0.3) is 12.2 Å². The SMILES string of the molecule is CC(C)(C)c1cnc(/C=C/c2cnc(Br)s2)o1. The molecule has 0 fully saturated rings. The minimum atomic E-state index is -0.00734. The van der Waals surface area contributed by atoms with Gasteiger partial charge >= 0.3 is 0 Å². The van der Waals surface area contributed by atoms with Gasteiger partial charge in [-0.05, 0) is 22.0 Å². The average Bonchev–Trinajstić information content (AvgIpc) is 2.82. The third kappa shape index (κ3) is 3.26. The lowest BCUT2D eigenvalue weighted by molar-refractivity contribution is 0.403. The summed E-state index contributed by atoms with van der Waals surface area (Å²) in [5.41, 5.74) is -0.00734. The molecule has 0 saturated heterocycles. The van der Waals surface area contributed by atoms with Crippen LogP contribution in [0.2, 0.25) is 0 Å². The van der Waals surface area contributed by atoms with Crippen LogP contribution < -0.4 is 0 Å². The van der Waals surface area contributed by atoms with Crippen molar-refractivity contribution in [3.05, 3.63) is 32.8 Å². The Morgan fingerprint density at radius 3 is 2.53 bits per heavy atom. The Labute approximate surface area is 113 Å². The van der Waals surface area contributed by atoms with E-state index in [9.17, 15) is 0 Å². The highest BCUT2D eigenvalue weighted by atomic mass is 79.9. The maximum atomic E-state index is 5.65. The summed E-state index contributed by atoms with van der Waals surface area (Å²) in [6.07, 6.45) is 7.39. The normalized spacial score (nSPS) is 12.5. The summed E-state index contributed by atoms with van der Waals surface area (Å²) >= 11 is 4.89. The minimum Gasteiger partial charge on any atom is -0.441 e. The monoisotopic (exact) mass is 312 g/mol. The van der Waals surface area contributed by atoms with Crippen molar-refractivity contribution in [3.63, 3.8) is 0 Å². The molecule has 2 rings (SSSR count). The molecule has 0 radical (unpaired) electrons. The first-order valence-electron chi connectivity index (χ1n) is 5.21. The van der Waals surface area contributed by atoms with Crippen LogP contribution in [-0.4, -0.2) is 9.97 Å². The lowest BCUT2D eigenvalue weighted by atomic mass is 9.94. The fourth-order valence-electron chi connectivity index (χ4n) is 1.21. The summed E-state index contributed by atoms with van der Waals surface area (Å²) in [4.78, 5) is 9.39. The molecule has 0 N–H and O–H groups in total. The zero-order chi connectivity index (χ0) is 12.5. The molecular weight excluding hydrogens is 300 g/mol. The first kappa shape index (κ1) is 12.5. The lowest BCUT2D eigenvalue weighted by Crippen LogP contribution is -2.09. The molecule has 2 heterocycles. The fourth-order valence-corrected chi connectivity index (χ4v) is 2.41. The van der Waals surface area contributed by atoms with Crippen molar-refractivity contribution in [2.45, 2.75) is 26.2 Å². The van der Waals surface area contributed by atoms with E-state index in [1.54, 1.807) is 23.7 Å². The molecule has 0 saturated carbocycles. The van der Waals surface area contributed by atoms with E-state index < -0.39 is 0 Å². The number of rotatable bonds is 2. The van der Waals surface area contributed by atoms with Crippen LogP contribution >= 0.6 is 27.3 Å². The van der Waals surface area contributed by atoms with E-state index in [4.69, 9.17) is 4.42 Å². The molecular formula is C12H13BrN2OS. The largest absolute Gasteiger partial charge is 0.441 e. The number of oxazole rings is 1. The maximum absolute atomic E-state index is 5.65. The van der Waals surface area contributed by atoms with E-state index in [1.807, 2.05) is 12.2 Å². The number of nitrogens with zero attached hydrogens (tertiary/aromatic N) is 2. The van der Waals surface area contributed by atoms with Gasteiger partial charge in [0.15, 0.2) is 3.92 Å². The van der Waals surface area contributed by atoms with Crippen molar-refractivity contribution in [2.24, 2.45) is 0 Å². The van der Waals surface area contributed by atoms with Crippen molar-refractivity contribution in [1.82, 2.24) is 9.97 Å². The molecule has 2 aromatic heterocycles. The van der Waals surface area contributed by atoms with Gasteiger partial charge in [0.2, 0.25) is 5.89 Å². The van der Waals surface area contributed by atoms with Crippen molar-refractivity contribution in [3.8, 4) is 0 Å². The second-order valence-corrected chi connectivity index (χ2v) is 7.00. The van der Waals surface area contributed by atoms with Crippen LogP contribution in [0, 0.1) is 0 Å². The Morgan fingerprint density at radius 2 is 2.00 bits per heavy atom. The summed E-state index contributed by atoms with van der Waals surface area (Å²) in [6.45, 7) is 6.30. The molecule has 0 atom stereocenters. The van der Waals surface area contributed by atoms with Crippen LogP contribution in [0.15, 0.2) is 20.7 Å². The van der Waals surface area contributed by atoms with Crippen LogP contribution in [0.1, 0.15) is 37.3 Å². The molecule has 0 aliphatic carbocycles. The summed E-state index contributed by atoms with van der Waals surface area (Å²) in [7, 11) is 0. The Kier molecular flexibility index (Phi) is 3.49. The molecule has 0 aliphatic heterocycles. The molecule has 17 heavy (non-hydrogen) atoms. The maximum Gasteiger partial charge on any atom is 0.218 e. The van der Waals surface area contributed by atoms with Crippen LogP contribution in [0.5, 0.6) is 0 Å². The first-order valence-corrected chi connectivity index (χ1v) is 6.82. The van der Waals surface area contributed by atoms with Crippen molar-refractivity contribution >= 4 is 39.4 Å². The molecule has 3 nitrogen and oxygen atoms in total. The van der Waals surface area contributed by atoms with E-state index >= 15 is 0 Å². The van der Waals surface area contributed by atoms with Crippen LogP contribution in [0.4, 0.5) is 0 Å². The minimum absolute atomic E-state index is 0.00734. The third-order valence-corrected chi connectivity index (χ3v) is 3.59. The van der Waals surface area contributed by atoms with Gasteiger partial charge in [-0.15, -0.1) is 11.3 Å². The lowest BCUT2D eigenvalue weighted by Gasteiger charge is -2.12. The van der Waals surface area contributed by atoms with Gasteiger partial charge in [0.05, 0.1) is 6.20 Å². The van der Waals surface area contributed by atoms with E-state index in [0.29, 0.717) is 5.89 Å². The number of thiazole rings is 1. The molecule has 5 heteroatoms. The molecule has 0 amide bonds. The molecule has 0 bridgehead atoms. The Morgan fingerprint density at radius 1 is 1.24 bits per heavy atom. The van der Waals surface area contributed by atoms with Crippen LogP contribution in [0.3, 0.4) is 0 Å². The predicted molar refractivity (Wildman–Crippen MR) is 73.9 cm³/mol. The van der Waals surface area contributed by atoms with Gasteiger partial charge in [0.25, 0.3) is 0 Å². The summed E-state index contributed by atoms with van der Waals surface area (Å²) in [6, 6.07) is 0. The zero-order valence-electron chi connectivity index (χ0n) is 9.90. The number of hydrogen-bond acceptors (Lipinski definition) is 4. The van der Waals surface area contributed by atoms with E-state index in [1.165, 1.54) is 0 Å². The number of aromatic nitrogens is 2. The Hall–Kier alpha value is -0.940. The fraction of sp³-hybridized carbons (Fsp3) is 0.333. The molecule has 0 unspecified atom stereocenters. The third-order valence-electron chi connectivity index (χ3n) is 2.15. The molecule has 0 aromatic carbocycles. The zero-order valence-corrected chi connectivity index (χ0v) is 12.3. The van der Waals surface area contributed by atoms with Gasteiger partial charge in [0.1, 0.15) is 5.76 Å². The van der Waals surface area contributed by atoms with Gasteiger partial charge in [-0.25, -0.2) is 9.97 Å². The second-order valence-electron chi connectivity index (χ2n) is 4.66. The predicted octanol–water partition coefficient (Wildman–Crippen LogP) is 4.36. The van der Waals surface area contributed by atoms with Crippen molar-refractivity contribution < 1.29 is 4.42 Å². The summed E-state index contributed by atoms with van der Waals surface area (Å²) < 4.78 is 6.53. The van der Waals surface area contributed by atoms with E-state index in [0.717, 1.165) is 14.6 Å². The number of hydrogen-bond donors (Lipinski definition) is 0. The van der Waals surface area contributed by atoms with Gasteiger partial charge in [-0.3, -0.25) is 0 Å². The highest BCUT2D eigenvalue weighted by Crippen LogP contribution is 2.24. The standard InChI is InChI=1S/C12H13BrN2OS/c1-12(2,3)9-7-14-10(16-9)5-4-8-6-15-11(13)17-8/h4-7H,1-3H3/b5-4+. The van der Waals surface area contributed by atoms with E-state index in [-0.39, 0.29) is 5.41 Å². The van der Waals surface area contributed by atoms with E-state index in [2.05, 4.69) is 46.7 Å². The molecule has 2 aromatic rings. The van der Waals surface area contributed by atoms with Crippen molar-refractivity contribution in [1.29, 1.82) is 0 Å². The van der Waals surface area contributed by atoms with Gasteiger partial charge in [0, 0.05) is 22.6 Å². The average molecular weight is 313 g/mol. The number of halogens is 1. The molecule has 0 spiro atoms. The smallest absolute Gasteiger partial charge is 0.218 e.